The molecule has 0 aromatic heterocycles. The molecule has 0 amide bonds. The van der Waals surface area contributed by atoms with E-state index < -0.39 is 97.5 Å². The van der Waals surface area contributed by atoms with Crippen molar-refractivity contribution in [1.82, 2.24) is 0 Å². The lowest BCUT2D eigenvalue weighted by Gasteiger charge is -2.21. The average molecular weight is 1520 g/mol. The average Bonchev–Trinajstić information content (AvgIpc) is 0.910. The second-order valence-electron chi connectivity index (χ2n) is 30.6. The van der Waals surface area contributed by atoms with Crippen LogP contribution in [-0.4, -0.2) is 96.7 Å². The number of aliphatic hydroxyl groups is 1. The Morgan fingerprint density at radius 2 is 0.385 bits per heavy atom. The van der Waals surface area contributed by atoms with Gasteiger partial charge >= 0.3 is 39.5 Å². The van der Waals surface area contributed by atoms with E-state index in [0.717, 1.165) is 89.9 Å². The van der Waals surface area contributed by atoms with Crippen LogP contribution in [0.15, 0.2) is 0 Å². The molecule has 0 fully saturated rings. The van der Waals surface area contributed by atoms with Gasteiger partial charge in [-0.05, 0) is 25.7 Å². The first-order valence-corrected chi connectivity index (χ1v) is 47.3. The van der Waals surface area contributed by atoms with E-state index in [2.05, 4.69) is 27.7 Å². The lowest BCUT2D eigenvalue weighted by atomic mass is 10.0. The minimum absolute atomic E-state index is 0.109. The fraction of sp³-hybridized carbons (Fsp3) is 0.953. The van der Waals surface area contributed by atoms with Crippen molar-refractivity contribution in [2.24, 2.45) is 0 Å². The van der Waals surface area contributed by atoms with Crippen molar-refractivity contribution in [3.63, 3.8) is 0 Å². The Morgan fingerprint density at radius 1 is 0.231 bits per heavy atom. The number of unbranched alkanes of at least 4 members (excludes halogenated alkanes) is 60. The fourth-order valence-corrected chi connectivity index (χ4v) is 14.9. The van der Waals surface area contributed by atoms with Crippen LogP contribution >= 0.6 is 15.6 Å². The first kappa shape index (κ1) is 102. The van der Waals surface area contributed by atoms with Gasteiger partial charge in [-0.15, -0.1) is 0 Å². The van der Waals surface area contributed by atoms with E-state index >= 15 is 0 Å². The van der Waals surface area contributed by atoms with Crippen molar-refractivity contribution in [2.45, 2.75) is 483 Å². The van der Waals surface area contributed by atoms with E-state index in [-0.39, 0.29) is 25.7 Å². The summed E-state index contributed by atoms with van der Waals surface area (Å²) < 4.78 is 68.9. The standard InChI is InChI=1S/C85H166O17P2/c1-5-9-13-17-21-25-29-33-36-38-39-40-41-43-45-48-52-56-60-64-68-72-85(90)102-81(76-96-83(88)70-66-62-58-54-50-47-44-42-37-34-30-26-22-18-14-10-6-2)78-100-104(93,94)98-74-79(86)73-97-103(91,92)99-77-80(75-95-82(87)69-65-61-57-53-49-32-28-24-20-16-12-8-4)101-84(89)71-67-63-59-55-51-46-35-31-27-23-19-15-11-7-3/h79-81,86H,5-78H2,1-4H3,(H,91,92)(H,93,94)/t79-,80+,81+/m0/s1. The number of carbonyl (C=O) groups is 4. The van der Waals surface area contributed by atoms with E-state index in [1.807, 2.05) is 0 Å². The van der Waals surface area contributed by atoms with Crippen LogP contribution in [0.4, 0.5) is 0 Å². The minimum atomic E-state index is -4.96. The zero-order valence-corrected chi connectivity index (χ0v) is 69.8. The topological polar surface area (TPSA) is 237 Å². The number of rotatable bonds is 86. The summed E-state index contributed by atoms with van der Waals surface area (Å²) in [6, 6.07) is 0. The number of hydrogen-bond donors (Lipinski definition) is 3. The van der Waals surface area contributed by atoms with Gasteiger partial charge in [0.25, 0.3) is 0 Å². The molecule has 19 heteroatoms. The van der Waals surface area contributed by atoms with E-state index in [4.69, 9.17) is 37.0 Å². The van der Waals surface area contributed by atoms with Crippen molar-refractivity contribution in [3.05, 3.63) is 0 Å². The van der Waals surface area contributed by atoms with Crippen molar-refractivity contribution >= 4 is 39.5 Å². The summed E-state index contributed by atoms with van der Waals surface area (Å²) in [4.78, 5) is 73.2. The number of phosphoric acid groups is 2. The smallest absolute Gasteiger partial charge is 0.462 e. The quantitative estimate of drug-likeness (QED) is 0.0222. The van der Waals surface area contributed by atoms with E-state index in [0.29, 0.717) is 25.7 Å². The van der Waals surface area contributed by atoms with Crippen molar-refractivity contribution < 1.29 is 80.2 Å². The van der Waals surface area contributed by atoms with Gasteiger partial charge in [0.1, 0.15) is 19.3 Å². The number of aliphatic hydroxyl groups excluding tert-OH is 1. The lowest BCUT2D eigenvalue weighted by molar-refractivity contribution is -0.161. The maximum Gasteiger partial charge on any atom is 0.472 e. The number of ether oxygens (including phenoxy) is 4. The van der Waals surface area contributed by atoms with Gasteiger partial charge in [-0.25, -0.2) is 9.13 Å². The van der Waals surface area contributed by atoms with Crippen molar-refractivity contribution in [1.29, 1.82) is 0 Å². The molecule has 0 aliphatic rings. The van der Waals surface area contributed by atoms with Crippen molar-refractivity contribution in [3.8, 4) is 0 Å². The Balaban J connectivity index is 5.24. The van der Waals surface area contributed by atoms with Crippen molar-refractivity contribution in [2.75, 3.05) is 39.6 Å². The molecule has 0 aliphatic carbocycles. The summed E-state index contributed by atoms with van der Waals surface area (Å²) >= 11 is 0. The zero-order chi connectivity index (χ0) is 76.0. The predicted octanol–water partition coefficient (Wildman–Crippen LogP) is 26.1. The third kappa shape index (κ3) is 78.2. The van der Waals surface area contributed by atoms with Crippen LogP contribution < -0.4 is 0 Å². The number of esters is 4. The predicted molar refractivity (Wildman–Crippen MR) is 428 cm³/mol. The van der Waals surface area contributed by atoms with Gasteiger partial charge in [-0.1, -0.05) is 413 Å². The second-order valence-corrected chi connectivity index (χ2v) is 33.5. The Bertz CT molecular complexity index is 1960. The normalized spacial score (nSPS) is 13.7. The summed E-state index contributed by atoms with van der Waals surface area (Å²) in [5, 5.41) is 10.7. The van der Waals surface area contributed by atoms with Gasteiger partial charge in [-0.3, -0.25) is 37.3 Å². The third-order valence-electron chi connectivity index (χ3n) is 20.1. The van der Waals surface area contributed by atoms with Crippen LogP contribution in [0.25, 0.3) is 0 Å². The molecule has 17 nitrogen and oxygen atoms in total. The van der Waals surface area contributed by atoms with Crippen LogP contribution in [0.2, 0.25) is 0 Å². The molecule has 0 aromatic carbocycles. The molecular weight excluding hydrogens is 1350 g/mol. The molecule has 0 bridgehead atoms. The molecule has 0 saturated heterocycles. The number of carbonyl (C=O) groups excluding carboxylic acids is 4. The fourth-order valence-electron chi connectivity index (χ4n) is 13.3. The lowest BCUT2D eigenvalue weighted by Crippen LogP contribution is -2.30. The zero-order valence-electron chi connectivity index (χ0n) is 68.0. The monoisotopic (exact) mass is 1520 g/mol. The number of phosphoric ester groups is 2. The van der Waals surface area contributed by atoms with Crippen LogP contribution in [-0.2, 0) is 65.4 Å². The second kappa shape index (κ2) is 79.2. The molecule has 2 unspecified atom stereocenters. The molecule has 0 saturated carbocycles. The molecule has 3 N–H and O–H groups in total. The molecule has 104 heavy (non-hydrogen) atoms. The summed E-state index contributed by atoms with van der Waals surface area (Å²) in [6.07, 6.45) is 73.5. The molecule has 0 rings (SSSR count). The summed E-state index contributed by atoms with van der Waals surface area (Å²) in [7, 11) is -9.92. The SMILES string of the molecule is CCCCCCCCCCCCCCCCCCCCCCCC(=O)O[C@H](COC(=O)CCCCCCCCCCCCCCCCCCC)COP(=O)(O)OC[C@@H](O)COP(=O)(O)OC[C@@H](COC(=O)CCCCCCCCCCCCCC)OC(=O)CCCCCCCCCCCCCCCC. The van der Waals surface area contributed by atoms with Gasteiger partial charge in [0, 0.05) is 25.7 Å². The highest BCUT2D eigenvalue weighted by Gasteiger charge is 2.30. The van der Waals surface area contributed by atoms with Crippen LogP contribution in [0.3, 0.4) is 0 Å². The highest BCUT2D eigenvalue weighted by atomic mass is 31.2. The van der Waals surface area contributed by atoms with Gasteiger partial charge in [0.2, 0.25) is 0 Å². The van der Waals surface area contributed by atoms with Gasteiger partial charge < -0.3 is 33.8 Å². The summed E-state index contributed by atoms with van der Waals surface area (Å²) in [5.74, 6) is -2.10. The number of hydrogen-bond acceptors (Lipinski definition) is 15. The first-order chi connectivity index (χ1) is 50.7. The van der Waals surface area contributed by atoms with Gasteiger partial charge in [0.15, 0.2) is 12.2 Å². The molecule has 0 aromatic rings. The van der Waals surface area contributed by atoms with Gasteiger partial charge in [-0.2, -0.15) is 0 Å². The maximum atomic E-state index is 13.1. The van der Waals surface area contributed by atoms with Crippen LogP contribution in [0, 0.1) is 0 Å². The highest BCUT2D eigenvalue weighted by molar-refractivity contribution is 7.47. The third-order valence-corrected chi connectivity index (χ3v) is 22.0. The molecule has 0 spiro atoms. The van der Waals surface area contributed by atoms with E-state index in [1.54, 1.807) is 0 Å². The Morgan fingerprint density at radius 3 is 0.567 bits per heavy atom. The highest BCUT2D eigenvalue weighted by Crippen LogP contribution is 2.45. The van der Waals surface area contributed by atoms with Gasteiger partial charge in [0.05, 0.1) is 26.4 Å². The van der Waals surface area contributed by atoms with Crippen LogP contribution in [0.1, 0.15) is 464 Å². The molecule has 0 aliphatic heterocycles. The minimum Gasteiger partial charge on any atom is -0.462 e. The maximum absolute atomic E-state index is 13.1. The Labute approximate surface area is 638 Å². The molecule has 0 radical (unpaired) electrons. The largest absolute Gasteiger partial charge is 0.472 e. The first-order valence-electron chi connectivity index (χ1n) is 44.3. The molecule has 618 valence electrons. The van der Waals surface area contributed by atoms with E-state index in [1.165, 1.54) is 295 Å². The van der Waals surface area contributed by atoms with Crippen LogP contribution in [0.5, 0.6) is 0 Å². The Hall–Kier alpha value is -1.94. The molecular formula is C85H166O17P2. The molecule has 0 heterocycles. The summed E-state index contributed by atoms with van der Waals surface area (Å²) in [5.41, 5.74) is 0. The Kier molecular flexibility index (Phi) is 77.7. The van der Waals surface area contributed by atoms with E-state index in [9.17, 15) is 43.2 Å². The molecule has 5 atom stereocenters. The summed E-state index contributed by atoms with van der Waals surface area (Å²) in [6.45, 7) is 5.06.